The maximum Gasteiger partial charge on any atom is 0.391 e. The van der Waals surface area contributed by atoms with Crippen LogP contribution in [0.25, 0.3) is 10.9 Å². The topological polar surface area (TPSA) is 101 Å². The van der Waals surface area contributed by atoms with Gasteiger partial charge in [0.15, 0.2) is 9.84 Å². The zero-order chi connectivity index (χ0) is 28.7. The van der Waals surface area contributed by atoms with Crippen LogP contribution in [0.4, 0.5) is 13.2 Å². The number of aromatic nitrogens is 2. The van der Waals surface area contributed by atoms with Crippen LogP contribution < -0.4 is 5.32 Å². The summed E-state index contributed by atoms with van der Waals surface area (Å²) in [6, 6.07) is 10.7. The van der Waals surface area contributed by atoms with Crippen LogP contribution in [-0.4, -0.2) is 47.7 Å². The second-order valence-corrected chi connectivity index (χ2v) is 13.3. The lowest BCUT2D eigenvalue weighted by Gasteiger charge is -2.30. The SMILES string of the molecule is CCS(=O)(=O)c1ccc(C(CO)NC(=O)c2ccc3c(C4CC4)n(CC4CCC(C(F)(F)F)CC4)nc3c2)cc1. The molecule has 7 nitrogen and oxygen atoms in total. The molecular formula is C29H34F3N3O4S. The van der Waals surface area contributed by atoms with Gasteiger partial charge in [0, 0.05) is 29.1 Å². The van der Waals surface area contributed by atoms with E-state index in [1.807, 2.05) is 10.7 Å². The monoisotopic (exact) mass is 577 g/mol. The van der Waals surface area contributed by atoms with E-state index in [-0.39, 0.29) is 36.0 Å². The molecule has 0 spiro atoms. The van der Waals surface area contributed by atoms with E-state index < -0.39 is 33.9 Å². The number of halogens is 3. The first-order valence-corrected chi connectivity index (χ1v) is 15.5. The minimum atomic E-state index is -4.13. The molecule has 40 heavy (non-hydrogen) atoms. The summed E-state index contributed by atoms with van der Waals surface area (Å²) in [5.74, 6) is -1.13. The van der Waals surface area contributed by atoms with Gasteiger partial charge in [-0.1, -0.05) is 25.1 Å². The fourth-order valence-corrected chi connectivity index (χ4v) is 6.57. The first-order chi connectivity index (χ1) is 19.0. The molecule has 11 heteroatoms. The Morgan fingerprint density at radius 1 is 1.07 bits per heavy atom. The summed E-state index contributed by atoms with van der Waals surface area (Å²) in [7, 11) is -3.36. The van der Waals surface area contributed by atoms with E-state index in [1.165, 1.54) is 12.1 Å². The predicted molar refractivity (Wildman–Crippen MR) is 145 cm³/mol. The number of alkyl halides is 3. The Balaban J connectivity index is 1.32. The van der Waals surface area contributed by atoms with Crippen LogP contribution in [0.3, 0.4) is 0 Å². The van der Waals surface area contributed by atoms with E-state index in [0.29, 0.717) is 41.9 Å². The molecule has 1 heterocycles. The lowest BCUT2D eigenvalue weighted by Crippen LogP contribution is -2.30. The molecule has 2 aliphatic rings. The Morgan fingerprint density at radius 2 is 1.75 bits per heavy atom. The largest absolute Gasteiger partial charge is 0.394 e. The summed E-state index contributed by atoms with van der Waals surface area (Å²) in [5, 5.41) is 18.5. The second-order valence-electron chi connectivity index (χ2n) is 11.0. The number of carbonyl (C=O) groups is 1. The predicted octanol–water partition coefficient (Wildman–Crippen LogP) is 5.54. The number of nitrogens with zero attached hydrogens (tertiary/aromatic N) is 2. The quantitative estimate of drug-likeness (QED) is 0.348. The lowest BCUT2D eigenvalue weighted by molar-refractivity contribution is -0.184. The number of hydrogen-bond acceptors (Lipinski definition) is 5. The molecule has 2 aromatic carbocycles. The van der Waals surface area contributed by atoms with Crippen LogP contribution in [0, 0.1) is 11.8 Å². The number of fused-ring (bicyclic) bond motifs is 1. The van der Waals surface area contributed by atoms with Crippen LogP contribution in [0.5, 0.6) is 0 Å². The van der Waals surface area contributed by atoms with Crippen LogP contribution >= 0.6 is 0 Å². The molecule has 216 valence electrons. The minimum absolute atomic E-state index is 0.0214. The Kier molecular flexibility index (Phi) is 7.98. The minimum Gasteiger partial charge on any atom is -0.394 e. The molecule has 5 rings (SSSR count). The average Bonchev–Trinajstić information content (AvgIpc) is 3.71. The zero-order valence-corrected chi connectivity index (χ0v) is 23.1. The van der Waals surface area contributed by atoms with Gasteiger partial charge in [0.1, 0.15) is 0 Å². The fraction of sp³-hybridized carbons (Fsp3) is 0.517. The van der Waals surface area contributed by atoms with E-state index in [0.717, 1.165) is 23.9 Å². The molecule has 1 amide bonds. The third-order valence-corrected chi connectivity index (χ3v) is 10.0. The van der Waals surface area contributed by atoms with E-state index in [2.05, 4.69) is 5.32 Å². The van der Waals surface area contributed by atoms with Crippen molar-refractivity contribution in [1.82, 2.24) is 15.1 Å². The molecule has 2 aliphatic carbocycles. The molecule has 0 saturated heterocycles. The number of hydrogen-bond donors (Lipinski definition) is 2. The Labute approximate surface area is 231 Å². The summed E-state index contributed by atoms with van der Waals surface area (Å²) in [6.07, 6.45) is -0.697. The molecule has 0 aliphatic heterocycles. The first kappa shape index (κ1) is 28.6. The van der Waals surface area contributed by atoms with Crippen molar-refractivity contribution in [3.05, 3.63) is 59.3 Å². The summed E-state index contributed by atoms with van der Waals surface area (Å²) in [6.45, 7) is 1.77. The third kappa shape index (κ3) is 6.05. The molecule has 2 fully saturated rings. The maximum absolute atomic E-state index is 13.1. The van der Waals surface area contributed by atoms with Crippen molar-refractivity contribution >= 4 is 26.6 Å². The number of carbonyl (C=O) groups excluding carboxylic acids is 1. The summed E-state index contributed by atoms with van der Waals surface area (Å²) in [4.78, 5) is 13.3. The molecule has 0 radical (unpaired) electrons. The zero-order valence-electron chi connectivity index (χ0n) is 22.3. The number of amides is 1. The maximum atomic E-state index is 13.1. The van der Waals surface area contributed by atoms with Gasteiger partial charge in [-0.2, -0.15) is 18.3 Å². The van der Waals surface area contributed by atoms with Gasteiger partial charge in [-0.25, -0.2) is 8.42 Å². The van der Waals surface area contributed by atoms with Crippen molar-refractivity contribution in [2.75, 3.05) is 12.4 Å². The average molecular weight is 578 g/mol. The second kappa shape index (κ2) is 11.2. The van der Waals surface area contributed by atoms with E-state index in [4.69, 9.17) is 5.10 Å². The number of aliphatic hydroxyl groups is 1. The highest BCUT2D eigenvalue weighted by atomic mass is 32.2. The third-order valence-electron chi connectivity index (χ3n) is 8.26. The van der Waals surface area contributed by atoms with Gasteiger partial charge in [-0.3, -0.25) is 9.48 Å². The van der Waals surface area contributed by atoms with Gasteiger partial charge in [0.25, 0.3) is 5.91 Å². The van der Waals surface area contributed by atoms with E-state index in [1.54, 1.807) is 31.2 Å². The lowest BCUT2D eigenvalue weighted by atomic mass is 9.81. The van der Waals surface area contributed by atoms with Crippen molar-refractivity contribution < 1.29 is 31.5 Å². The Morgan fingerprint density at radius 3 is 2.33 bits per heavy atom. The highest BCUT2D eigenvalue weighted by Gasteiger charge is 2.41. The molecule has 0 bridgehead atoms. The van der Waals surface area contributed by atoms with Crippen molar-refractivity contribution in [2.24, 2.45) is 11.8 Å². The van der Waals surface area contributed by atoms with Crippen molar-refractivity contribution in [2.45, 2.75) is 75.0 Å². The normalized spacial score (nSPS) is 20.9. The molecular weight excluding hydrogens is 543 g/mol. The van der Waals surface area contributed by atoms with E-state index in [9.17, 15) is 31.5 Å². The van der Waals surface area contributed by atoms with Gasteiger partial charge in [0.2, 0.25) is 0 Å². The molecule has 1 atom stereocenters. The number of aliphatic hydroxyl groups excluding tert-OH is 1. The smallest absolute Gasteiger partial charge is 0.391 e. The van der Waals surface area contributed by atoms with E-state index >= 15 is 0 Å². The number of sulfone groups is 1. The van der Waals surface area contributed by atoms with Crippen molar-refractivity contribution in [3.8, 4) is 0 Å². The summed E-state index contributed by atoms with van der Waals surface area (Å²) < 4.78 is 65.4. The number of nitrogens with one attached hydrogen (secondary N) is 1. The molecule has 2 N–H and O–H groups in total. The standard InChI is InChI=1S/C29H34F3N3O4S/c1-2-40(38,39)23-12-7-19(8-13-23)26(17-36)33-28(37)21-9-14-24-25(15-21)34-35(27(24)20-5-6-20)16-18-3-10-22(11-4-18)29(30,31)32/h7-9,12-15,18,20,22,26,36H,2-6,10-11,16-17H2,1H3,(H,33,37). The van der Waals surface area contributed by atoms with Crippen molar-refractivity contribution in [3.63, 3.8) is 0 Å². The van der Waals surface area contributed by atoms with Gasteiger partial charge in [-0.15, -0.1) is 0 Å². The first-order valence-electron chi connectivity index (χ1n) is 13.8. The highest BCUT2D eigenvalue weighted by Crippen LogP contribution is 2.45. The van der Waals surface area contributed by atoms with Gasteiger partial charge in [-0.05, 0) is 74.3 Å². The van der Waals surface area contributed by atoms with Gasteiger partial charge >= 0.3 is 6.18 Å². The summed E-state index contributed by atoms with van der Waals surface area (Å²) >= 11 is 0. The number of benzene rings is 2. The van der Waals surface area contributed by atoms with Crippen molar-refractivity contribution in [1.29, 1.82) is 0 Å². The Bertz CT molecular complexity index is 1470. The number of rotatable bonds is 9. The van der Waals surface area contributed by atoms with Crippen LogP contribution in [0.2, 0.25) is 0 Å². The van der Waals surface area contributed by atoms with Crippen LogP contribution in [0.15, 0.2) is 47.4 Å². The Hall–Kier alpha value is -2.92. The van der Waals surface area contributed by atoms with Crippen LogP contribution in [0.1, 0.15) is 79.0 Å². The molecule has 2 saturated carbocycles. The van der Waals surface area contributed by atoms with Gasteiger partial charge < -0.3 is 10.4 Å². The highest BCUT2D eigenvalue weighted by molar-refractivity contribution is 7.91. The molecule has 1 aromatic heterocycles. The molecule has 3 aromatic rings. The molecule has 1 unspecified atom stereocenters. The van der Waals surface area contributed by atoms with Gasteiger partial charge in [0.05, 0.1) is 34.7 Å². The summed E-state index contributed by atoms with van der Waals surface area (Å²) in [5.41, 5.74) is 2.70. The van der Waals surface area contributed by atoms with Crippen LogP contribution in [-0.2, 0) is 16.4 Å². The fourth-order valence-electron chi connectivity index (χ4n) is 5.69.